The molecule has 0 aromatic carbocycles. The zero-order valence-corrected chi connectivity index (χ0v) is 14.1. The molecule has 11 nitrogen and oxygen atoms in total. The summed E-state index contributed by atoms with van der Waals surface area (Å²) in [5.74, 6) is 0. The van der Waals surface area contributed by atoms with Gasteiger partial charge in [0.2, 0.25) is 10.4 Å². The van der Waals surface area contributed by atoms with Crippen LogP contribution in [0.2, 0.25) is 0 Å². The Balaban J connectivity index is -0.0000000247. The van der Waals surface area contributed by atoms with Gasteiger partial charge in [0.15, 0.2) is 0 Å². The number of rotatable bonds is 0. The molecule has 0 rings (SSSR count). The summed E-state index contributed by atoms with van der Waals surface area (Å²) >= 11 is 0. The average molecular weight is 494 g/mol. The van der Waals surface area contributed by atoms with Gasteiger partial charge in [-0.25, -0.2) is 13.2 Å². The van der Waals surface area contributed by atoms with Gasteiger partial charge in [0, 0.05) is 10.4 Å². The number of carbonyl (C=O) groups is 1. The molecule has 0 aromatic rings. The summed E-state index contributed by atoms with van der Waals surface area (Å²) in [6, 6.07) is 0. The van der Waals surface area contributed by atoms with Crippen LogP contribution in [0, 0.1) is 0 Å². The third-order valence-electron chi connectivity index (χ3n) is 0. The second kappa shape index (κ2) is 17.5. The number of hydrogen-bond acceptors (Lipinski definition) is 8. The molecule has 0 spiro atoms. The van der Waals surface area contributed by atoms with E-state index in [-0.39, 0.29) is 74.3 Å². The minimum atomic E-state index is -5.17. The summed E-state index contributed by atoms with van der Waals surface area (Å²) in [7, 11) is -10.1. The fourth-order valence-electron chi connectivity index (χ4n) is 0. The fourth-order valence-corrected chi connectivity index (χ4v) is 0. The Bertz CT molecular complexity index is 294. The van der Waals surface area contributed by atoms with Crippen molar-refractivity contribution < 1.29 is 124 Å². The molecule has 0 aliphatic rings. The maximum Gasteiger partial charge on any atom is 1.00 e. The Morgan fingerprint density at radius 1 is 0.882 bits per heavy atom. The zero-order valence-electron chi connectivity index (χ0n) is 7.53. The largest absolute Gasteiger partial charge is 1.00 e. The van der Waals surface area contributed by atoms with Crippen molar-refractivity contribution in [2.24, 2.45) is 0 Å². The first-order valence-electron chi connectivity index (χ1n) is 2.00. The predicted molar refractivity (Wildman–Crippen MR) is 33.5 cm³/mol. The van der Waals surface area contributed by atoms with Crippen LogP contribution in [0.5, 0.6) is 0 Å². The third-order valence-corrected chi connectivity index (χ3v) is 0. The third kappa shape index (κ3) is 1890. The Morgan fingerprint density at radius 2 is 0.882 bits per heavy atom. The minimum Gasteiger partial charge on any atom is -0.759 e. The minimum absolute atomic E-state index is 0. The van der Waals surface area contributed by atoms with Crippen molar-refractivity contribution in [2.75, 3.05) is 0 Å². The van der Waals surface area contributed by atoms with Crippen molar-refractivity contribution in [3.05, 3.63) is 0 Å². The molecule has 0 amide bonds. The molecule has 0 atom stereocenters. The van der Waals surface area contributed by atoms with Crippen LogP contribution in [0.3, 0.4) is 0 Å². The van der Waals surface area contributed by atoms with E-state index in [4.69, 9.17) is 50.1 Å². The van der Waals surface area contributed by atoms with Crippen LogP contribution >= 0.6 is 0 Å². The molecule has 108 valence electrons. The van der Waals surface area contributed by atoms with Crippen molar-refractivity contribution in [3.8, 4) is 0 Å². The molecule has 0 heterocycles. The quantitative estimate of drug-likeness (QED) is 0.165. The molecule has 0 radical (unpaired) electrons. The molecule has 0 unspecified atom stereocenters. The predicted octanol–water partition coefficient (Wildman–Crippen LogP) is -5.11. The van der Waals surface area contributed by atoms with Crippen molar-refractivity contribution in [2.45, 2.75) is 0 Å². The van der Waals surface area contributed by atoms with E-state index >= 15 is 0 Å². The second-order valence-corrected chi connectivity index (χ2v) is 2.79. The van der Waals surface area contributed by atoms with Crippen LogP contribution < -0.4 is 29.6 Å². The van der Waals surface area contributed by atoms with E-state index in [2.05, 4.69) is 0 Å². The van der Waals surface area contributed by atoms with Gasteiger partial charge < -0.3 is 23.9 Å². The molecule has 0 aromatic heterocycles. The molecule has 0 aliphatic carbocycles. The van der Waals surface area contributed by atoms with Crippen LogP contribution in [-0.2, 0) is 65.6 Å². The normalized spacial score (nSPS) is 8.24. The molecule has 0 saturated heterocycles. The monoisotopic (exact) mass is 492 g/mol. The van der Waals surface area contributed by atoms with Crippen LogP contribution in [-0.4, -0.2) is 51.4 Å². The molecular weight excluding hydrogens is 491 g/mol. The van der Waals surface area contributed by atoms with Crippen molar-refractivity contribution in [1.29, 1.82) is 0 Å². The van der Waals surface area contributed by atoms with Crippen molar-refractivity contribution in [1.82, 2.24) is 0 Å². The summed E-state index contributed by atoms with van der Waals surface area (Å²) in [5.41, 5.74) is 0. The molecule has 0 bridgehead atoms. The van der Waals surface area contributed by atoms with Gasteiger partial charge in [-0.2, -0.15) is 0 Å². The van der Waals surface area contributed by atoms with E-state index in [9.17, 15) is 0 Å². The van der Waals surface area contributed by atoms with Gasteiger partial charge in [-0.3, -0.25) is 13.0 Å². The summed E-state index contributed by atoms with van der Waals surface area (Å²) in [6.07, 6.45) is -1.83. The van der Waals surface area contributed by atoms with Crippen molar-refractivity contribution >= 4 is 27.0 Å². The first-order chi connectivity index (χ1) is 5.73. The van der Waals surface area contributed by atoms with Gasteiger partial charge in [-0.1, -0.05) is 0 Å². The van der Waals surface area contributed by atoms with Gasteiger partial charge in [0.05, 0.1) is 0 Å². The number of hydrogen-bond donors (Lipinski definition) is 3. The Morgan fingerprint density at radius 3 is 0.882 bits per heavy atom. The van der Waals surface area contributed by atoms with E-state index in [0.29, 0.717) is 0 Å². The first-order valence-corrected chi connectivity index (χ1v) is 4.70. The maximum atomic E-state index is 8.63. The molecular formula is CH3Ag2NaO11S2. The van der Waals surface area contributed by atoms with Crippen LogP contribution in [0.4, 0.5) is 4.79 Å². The molecule has 16 heteroatoms. The SMILES string of the molecule is O=C(O)O.O=S(=O)([O-])O.O=S(=O)([O-])[O-].[Ag+].[Ag+].[Na+]. The standard InChI is InChI=1S/CH2O3.2Ag.Na.2H2O4S/c2-1(3)4;;;;2*1-5(2,3)4/h(H2,2,3,4);;;;2*(H2,1,2,3,4)/q;3*+1;;/p-3. The van der Waals surface area contributed by atoms with Gasteiger partial charge in [-0.15, -0.1) is 0 Å². The summed E-state index contributed by atoms with van der Waals surface area (Å²) < 4.78 is 66.9. The van der Waals surface area contributed by atoms with Gasteiger partial charge in [0.1, 0.15) is 0 Å². The van der Waals surface area contributed by atoms with Gasteiger partial charge >= 0.3 is 80.5 Å². The van der Waals surface area contributed by atoms with E-state index < -0.39 is 27.0 Å². The van der Waals surface area contributed by atoms with E-state index in [0.717, 1.165) is 0 Å². The van der Waals surface area contributed by atoms with Gasteiger partial charge in [0.25, 0.3) is 0 Å². The van der Waals surface area contributed by atoms with Crippen LogP contribution in [0.15, 0.2) is 0 Å². The summed E-state index contributed by atoms with van der Waals surface area (Å²) in [5, 5.41) is 13.9. The van der Waals surface area contributed by atoms with Crippen LogP contribution in [0.25, 0.3) is 0 Å². The van der Waals surface area contributed by atoms with E-state index in [1.165, 1.54) is 0 Å². The molecule has 17 heavy (non-hydrogen) atoms. The first kappa shape index (κ1) is 36.3. The van der Waals surface area contributed by atoms with Gasteiger partial charge in [-0.05, 0) is 0 Å². The topological polar surface area (TPSA) is 215 Å². The Kier molecular flexibility index (Phi) is 37.3. The number of carboxylic acid groups (broad SMARTS) is 2. The molecule has 0 aliphatic heterocycles. The van der Waals surface area contributed by atoms with Crippen molar-refractivity contribution in [3.63, 3.8) is 0 Å². The second-order valence-electron chi connectivity index (χ2n) is 1.12. The Labute approximate surface area is 149 Å². The smallest absolute Gasteiger partial charge is 0.759 e. The molecule has 0 saturated carbocycles. The van der Waals surface area contributed by atoms with E-state index in [1.54, 1.807) is 0 Å². The molecule has 3 N–H and O–H groups in total. The summed E-state index contributed by atoms with van der Waals surface area (Å²) in [4.78, 5) is 8.56. The average Bonchev–Trinajstić information content (AvgIpc) is 1.45. The summed E-state index contributed by atoms with van der Waals surface area (Å²) in [6.45, 7) is 0. The zero-order chi connectivity index (χ0) is 12.6. The maximum absolute atomic E-state index is 8.63. The van der Waals surface area contributed by atoms with E-state index in [1.807, 2.05) is 0 Å². The van der Waals surface area contributed by atoms with Crippen LogP contribution in [0.1, 0.15) is 0 Å². The Hall–Kier alpha value is 1.49. The fraction of sp³-hybridized carbons (Fsp3) is 0. The molecule has 0 fully saturated rings.